The Balaban J connectivity index is 2.12. The molecule has 0 unspecified atom stereocenters. The first-order valence-electron chi connectivity index (χ1n) is 5.70. The van der Waals surface area contributed by atoms with Crippen LogP contribution in [-0.2, 0) is 0 Å². The van der Waals surface area contributed by atoms with Crippen molar-refractivity contribution in [3.05, 3.63) is 53.0 Å². The van der Waals surface area contributed by atoms with Crippen LogP contribution in [-0.4, -0.2) is 12.1 Å². The van der Waals surface area contributed by atoms with Crippen LogP contribution in [0.25, 0.3) is 11.1 Å². The third kappa shape index (κ3) is 2.24. The number of fused-ring (bicyclic) bond motifs is 1. The van der Waals surface area contributed by atoms with Crippen LogP contribution >= 0.6 is 11.8 Å². The molecular weight excluding hydrogens is 262 g/mol. The van der Waals surface area contributed by atoms with Crippen molar-refractivity contribution in [3.63, 3.8) is 0 Å². The second-order valence-corrected chi connectivity index (χ2v) is 5.02. The van der Waals surface area contributed by atoms with Gasteiger partial charge in [-0.3, -0.25) is 4.98 Å². The molecule has 19 heavy (non-hydrogen) atoms. The summed E-state index contributed by atoms with van der Waals surface area (Å²) in [6.45, 7) is 0. The topological polar surface area (TPSA) is 55.2 Å². The zero-order valence-electron chi connectivity index (χ0n) is 10.2. The highest BCUT2D eigenvalue weighted by atomic mass is 32.2. The van der Waals surface area contributed by atoms with E-state index in [1.807, 2.05) is 42.5 Å². The number of aromatic amines is 1. The Morgan fingerprint density at radius 1 is 1.16 bits per heavy atom. The average molecular weight is 273 g/mol. The SMILES string of the molecule is COc1ccc(Sc2ccccc2)c2oc(=O)[nH]c12. The Kier molecular flexibility index (Phi) is 3.05. The van der Waals surface area contributed by atoms with E-state index in [1.165, 1.54) is 0 Å². The minimum atomic E-state index is -0.477. The number of benzene rings is 2. The number of oxazole rings is 1. The normalized spacial score (nSPS) is 10.8. The third-order valence-corrected chi connectivity index (χ3v) is 3.75. The maximum Gasteiger partial charge on any atom is 0.417 e. The van der Waals surface area contributed by atoms with Gasteiger partial charge in [0.1, 0.15) is 11.3 Å². The fourth-order valence-corrected chi connectivity index (χ4v) is 2.77. The number of methoxy groups -OCH3 is 1. The molecule has 4 nitrogen and oxygen atoms in total. The van der Waals surface area contributed by atoms with Crippen LogP contribution in [0, 0.1) is 0 Å². The van der Waals surface area contributed by atoms with E-state index < -0.39 is 5.76 Å². The van der Waals surface area contributed by atoms with E-state index in [9.17, 15) is 4.79 Å². The van der Waals surface area contributed by atoms with Gasteiger partial charge in [-0.1, -0.05) is 30.0 Å². The highest BCUT2D eigenvalue weighted by Crippen LogP contribution is 2.35. The smallest absolute Gasteiger partial charge is 0.417 e. The molecule has 0 atom stereocenters. The van der Waals surface area contributed by atoms with Crippen LogP contribution in [0.15, 0.2) is 61.5 Å². The van der Waals surface area contributed by atoms with Crippen molar-refractivity contribution in [2.24, 2.45) is 0 Å². The van der Waals surface area contributed by atoms with Crippen LogP contribution in [0.1, 0.15) is 0 Å². The van der Waals surface area contributed by atoms with Gasteiger partial charge in [0.15, 0.2) is 5.58 Å². The van der Waals surface area contributed by atoms with Gasteiger partial charge < -0.3 is 9.15 Å². The van der Waals surface area contributed by atoms with Gasteiger partial charge in [0.25, 0.3) is 0 Å². The van der Waals surface area contributed by atoms with E-state index in [0.29, 0.717) is 16.8 Å². The molecule has 1 aromatic heterocycles. The lowest BCUT2D eigenvalue weighted by Gasteiger charge is -2.04. The van der Waals surface area contributed by atoms with Crippen LogP contribution in [0.3, 0.4) is 0 Å². The Bertz CT molecular complexity index is 761. The summed E-state index contributed by atoms with van der Waals surface area (Å²) < 4.78 is 10.4. The van der Waals surface area contributed by atoms with Crippen molar-refractivity contribution in [1.82, 2.24) is 4.98 Å². The summed E-state index contributed by atoms with van der Waals surface area (Å²) in [6.07, 6.45) is 0. The molecule has 0 fully saturated rings. The summed E-state index contributed by atoms with van der Waals surface area (Å²) in [5, 5.41) is 0. The van der Waals surface area contributed by atoms with Crippen molar-refractivity contribution in [3.8, 4) is 5.75 Å². The summed E-state index contributed by atoms with van der Waals surface area (Å²) in [5.74, 6) is 0.118. The number of hydrogen-bond acceptors (Lipinski definition) is 4. The highest BCUT2D eigenvalue weighted by Gasteiger charge is 2.13. The summed E-state index contributed by atoms with van der Waals surface area (Å²) in [5.41, 5.74) is 1.12. The maximum absolute atomic E-state index is 11.4. The molecule has 96 valence electrons. The van der Waals surface area contributed by atoms with Crippen LogP contribution in [0.2, 0.25) is 0 Å². The quantitative estimate of drug-likeness (QED) is 0.795. The zero-order chi connectivity index (χ0) is 13.2. The van der Waals surface area contributed by atoms with E-state index in [0.717, 1.165) is 9.79 Å². The van der Waals surface area contributed by atoms with Crippen molar-refractivity contribution < 1.29 is 9.15 Å². The summed E-state index contributed by atoms with van der Waals surface area (Å²) in [4.78, 5) is 16.0. The van der Waals surface area contributed by atoms with Gasteiger partial charge in [0, 0.05) is 4.90 Å². The van der Waals surface area contributed by atoms with Crippen molar-refractivity contribution >= 4 is 22.9 Å². The molecule has 0 aliphatic rings. The maximum atomic E-state index is 11.4. The van der Waals surface area contributed by atoms with Crippen molar-refractivity contribution in [2.45, 2.75) is 9.79 Å². The molecule has 0 aliphatic carbocycles. The molecule has 2 aromatic carbocycles. The molecule has 0 bridgehead atoms. The standard InChI is InChI=1S/C14H11NO3S/c1-17-10-7-8-11(13-12(10)15-14(16)18-13)19-9-5-3-2-4-6-9/h2-8H,1H3,(H,15,16). The molecule has 3 rings (SSSR count). The second kappa shape index (κ2) is 4.85. The molecule has 0 aliphatic heterocycles. The number of ether oxygens (including phenoxy) is 1. The highest BCUT2D eigenvalue weighted by molar-refractivity contribution is 7.99. The van der Waals surface area contributed by atoms with Gasteiger partial charge in [0.2, 0.25) is 0 Å². The third-order valence-electron chi connectivity index (χ3n) is 2.70. The van der Waals surface area contributed by atoms with Gasteiger partial charge in [-0.05, 0) is 24.3 Å². The predicted molar refractivity (Wildman–Crippen MR) is 74.0 cm³/mol. The van der Waals surface area contributed by atoms with Crippen molar-refractivity contribution in [2.75, 3.05) is 7.11 Å². The Morgan fingerprint density at radius 3 is 2.68 bits per heavy atom. The molecule has 0 saturated heterocycles. The molecule has 3 aromatic rings. The number of aromatic nitrogens is 1. The summed E-state index contributed by atoms with van der Waals surface area (Å²) in [7, 11) is 1.56. The van der Waals surface area contributed by atoms with E-state index in [4.69, 9.17) is 9.15 Å². The van der Waals surface area contributed by atoms with Gasteiger partial charge in [-0.15, -0.1) is 0 Å². The summed E-state index contributed by atoms with van der Waals surface area (Å²) in [6, 6.07) is 13.6. The molecule has 1 N–H and O–H groups in total. The minimum absolute atomic E-state index is 0.477. The van der Waals surface area contributed by atoms with Gasteiger partial charge in [-0.25, -0.2) is 4.79 Å². The fraction of sp³-hybridized carbons (Fsp3) is 0.0714. The number of hydrogen-bond donors (Lipinski definition) is 1. The van der Waals surface area contributed by atoms with Gasteiger partial charge in [0.05, 0.1) is 12.0 Å². The molecular formula is C14H11NO3S. The first kappa shape index (κ1) is 11.9. The molecule has 0 amide bonds. The fourth-order valence-electron chi connectivity index (χ4n) is 1.85. The van der Waals surface area contributed by atoms with Gasteiger partial charge in [-0.2, -0.15) is 0 Å². The largest absolute Gasteiger partial charge is 0.494 e. The zero-order valence-corrected chi connectivity index (χ0v) is 11.0. The predicted octanol–water partition coefficient (Wildman–Crippen LogP) is 3.28. The molecule has 0 radical (unpaired) electrons. The first-order valence-corrected chi connectivity index (χ1v) is 6.52. The lowest BCUT2D eigenvalue weighted by Crippen LogP contribution is -1.93. The van der Waals surface area contributed by atoms with E-state index >= 15 is 0 Å². The van der Waals surface area contributed by atoms with Gasteiger partial charge >= 0.3 is 5.76 Å². The van der Waals surface area contributed by atoms with E-state index in [2.05, 4.69) is 4.98 Å². The average Bonchev–Trinajstić information content (AvgIpc) is 2.82. The first-order chi connectivity index (χ1) is 9.28. The minimum Gasteiger partial charge on any atom is -0.494 e. The lowest BCUT2D eigenvalue weighted by molar-refractivity contribution is 0.418. The summed E-state index contributed by atoms with van der Waals surface area (Å²) >= 11 is 1.54. The Labute approximate surface area is 113 Å². The van der Waals surface area contributed by atoms with Crippen LogP contribution in [0.4, 0.5) is 0 Å². The van der Waals surface area contributed by atoms with E-state index in [-0.39, 0.29) is 0 Å². The Hall–Kier alpha value is -2.14. The second-order valence-electron chi connectivity index (χ2n) is 3.90. The monoisotopic (exact) mass is 273 g/mol. The molecule has 5 heteroatoms. The molecule has 1 heterocycles. The van der Waals surface area contributed by atoms with E-state index in [1.54, 1.807) is 18.9 Å². The number of rotatable bonds is 3. The molecule has 0 spiro atoms. The van der Waals surface area contributed by atoms with Crippen molar-refractivity contribution in [1.29, 1.82) is 0 Å². The lowest BCUT2D eigenvalue weighted by atomic mass is 10.3. The molecule has 0 saturated carbocycles. The number of H-pyrrole nitrogens is 1. The Morgan fingerprint density at radius 2 is 1.95 bits per heavy atom. The van der Waals surface area contributed by atoms with Crippen LogP contribution in [0.5, 0.6) is 5.75 Å². The van der Waals surface area contributed by atoms with Crippen LogP contribution < -0.4 is 10.5 Å². The number of nitrogens with one attached hydrogen (secondary N) is 1.